The summed E-state index contributed by atoms with van der Waals surface area (Å²) in [7, 11) is -1.96. The topological polar surface area (TPSA) is 55.8 Å². The van der Waals surface area contributed by atoms with Crippen LogP contribution in [0.5, 0.6) is 0 Å². The first-order chi connectivity index (χ1) is 10.9. The van der Waals surface area contributed by atoms with E-state index in [9.17, 15) is 9.90 Å². The third-order valence-corrected chi connectivity index (χ3v) is 12.4. The van der Waals surface area contributed by atoms with Crippen molar-refractivity contribution < 1.29 is 19.1 Å². The minimum absolute atomic E-state index is 0.0407. The molecule has 138 valence electrons. The molecule has 24 heavy (non-hydrogen) atoms. The fraction of sp³-hybridized carbons (Fsp3) is 0.947. The zero-order valence-electron chi connectivity index (χ0n) is 16.3. The molecule has 0 spiro atoms. The molecule has 1 N–H and O–H groups in total. The number of aliphatic hydroxyl groups excluding tert-OH is 1. The van der Waals surface area contributed by atoms with E-state index in [0.29, 0.717) is 12.3 Å². The Bertz CT molecular complexity index is 540. The minimum atomic E-state index is -1.96. The fourth-order valence-corrected chi connectivity index (χ4v) is 6.56. The average Bonchev–Trinajstić information content (AvgIpc) is 2.58. The van der Waals surface area contributed by atoms with Gasteiger partial charge in [0.15, 0.2) is 8.32 Å². The first-order valence-electron chi connectivity index (χ1n) is 9.45. The normalized spacial score (nSPS) is 45.8. The van der Waals surface area contributed by atoms with E-state index in [2.05, 4.69) is 47.7 Å². The van der Waals surface area contributed by atoms with Gasteiger partial charge in [0, 0.05) is 5.41 Å². The Balaban J connectivity index is 2.01. The highest BCUT2D eigenvalue weighted by Crippen LogP contribution is 2.65. The Hall–Kier alpha value is -0.393. The molecule has 0 aromatic rings. The van der Waals surface area contributed by atoms with Crippen molar-refractivity contribution in [3.63, 3.8) is 0 Å². The van der Waals surface area contributed by atoms with Crippen molar-refractivity contribution in [2.24, 2.45) is 17.3 Å². The third kappa shape index (κ3) is 2.20. The molecule has 1 saturated heterocycles. The van der Waals surface area contributed by atoms with Crippen LogP contribution in [0.15, 0.2) is 0 Å². The molecule has 2 bridgehead atoms. The number of hydrogen-bond donors (Lipinski definition) is 1. The largest absolute Gasteiger partial charge is 0.455 e. The Morgan fingerprint density at radius 2 is 1.88 bits per heavy atom. The maximum atomic E-state index is 12.7. The standard InChI is InChI=1S/C19H34O4Si/c1-12-8-9-14(23-24(6,7)17(2,3)4)19-11-10-13(20)15(16(21)22-19)18(12,19)5/h12-15,20H,8-11H2,1-7H3/t12-,13-,14+,15+,18-,19-/m0/s1. The van der Waals surface area contributed by atoms with E-state index in [1.807, 2.05) is 0 Å². The van der Waals surface area contributed by atoms with Crippen LogP contribution >= 0.6 is 0 Å². The molecule has 0 unspecified atom stereocenters. The summed E-state index contributed by atoms with van der Waals surface area (Å²) in [5.41, 5.74) is -0.881. The predicted molar refractivity (Wildman–Crippen MR) is 96.1 cm³/mol. The van der Waals surface area contributed by atoms with Gasteiger partial charge in [-0.25, -0.2) is 0 Å². The average molecular weight is 355 g/mol. The van der Waals surface area contributed by atoms with E-state index in [1.165, 1.54) is 0 Å². The summed E-state index contributed by atoms with van der Waals surface area (Å²) in [5.74, 6) is -0.254. The van der Waals surface area contributed by atoms with Gasteiger partial charge in [0.05, 0.1) is 18.1 Å². The lowest BCUT2D eigenvalue weighted by Crippen LogP contribution is -2.66. The van der Waals surface area contributed by atoms with Crippen molar-refractivity contribution in [1.29, 1.82) is 0 Å². The highest BCUT2D eigenvalue weighted by molar-refractivity contribution is 6.74. The van der Waals surface area contributed by atoms with Gasteiger partial charge in [0.2, 0.25) is 0 Å². The summed E-state index contributed by atoms with van der Waals surface area (Å²) in [6.07, 6.45) is 2.71. The summed E-state index contributed by atoms with van der Waals surface area (Å²) >= 11 is 0. The lowest BCUT2D eigenvalue weighted by molar-refractivity contribution is -0.201. The van der Waals surface area contributed by atoms with Gasteiger partial charge in [-0.2, -0.15) is 0 Å². The van der Waals surface area contributed by atoms with Crippen molar-refractivity contribution in [3.8, 4) is 0 Å². The van der Waals surface area contributed by atoms with Crippen molar-refractivity contribution in [1.82, 2.24) is 0 Å². The number of esters is 1. The van der Waals surface area contributed by atoms with Crippen LogP contribution in [-0.4, -0.2) is 37.2 Å². The van der Waals surface area contributed by atoms with Crippen LogP contribution in [0.25, 0.3) is 0 Å². The van der Waals surface area contributed by atoms with Gasteiger partial charge in [0.1, 0.15) is 5.60 Å². The summed E-state index contributed by atoms with van der Waals surface area (Å²) in [6.45, 7) is 15.7. The zero-order chi connectivity index (χ0) is 18.1. The van der Waals surface area contributed by atoms with Gasteiger partial charge in [0.25, 0.3) is 0 Å². The second-order valence-electron chi connectivity index (χ2n) is 10.0. The van der Waals surface area contributed by atoms with Crippen LogP contribution in [0.4, 0.5) is 0 Å². The Morgan fingerprint density at radius 1 is 1.25 bits per heavy atom. The molecular formula is C19H34O4Si. The lowest BCUT2D eigenvalue weighted by atomic mass is 9.49. The molecule has 3 aliphatic rings. The van der Waals surface area contributed by atoms with Gasteiger partial charge >= 0.3 is 5.97 Å². The number of hydrogen-bond acceptors (Lipinski definition) is 4. The van der Waals surface area contributed by atoms with Crippen LogP contribution in [0, 0.1) is 17.3 Å². The smallest absolute Gasteiger partial charge is 0.312 e. The van der Waals surface area contributed by atoms with Crippen molar-refractivity contribution >= 4 is 14.3 Å². The number of ether oxygens (including phenoxy) is 1. The summed E-state index contributed by atoms with van der Waals surface area (Å²) in [4.78, 5) is 12.7. The van der Waals surface area contributed by atoms with Crippen molar-refractivity contribution in [2.75, 3.05) is 0 Å². The second-order valence-corrected chi connectivity index (χ2v) is 14.8. The second kappa shape index (κ2) is 5.30. The van der Waals surface area contributed by atoms with Crippen LogP contribution in [0.1, 0.15) is 60.3 Å². The summed E-state index contributed by atoms with van der Waals surface area (Å²) in [6, 6.07) is 0. The number of rotatable bonds is 2. The molecule has 6 atom stereocenters. The van der Waals surface area contributed by atoms with Gasteiger partial charge in [-0.05, 0) is 49.7 Å². The van der Waals surface area contributed by atoms with Gasteiger partial charge in [-0.15, -0.1) is 0 Å². The molecule has 2 aliphatic carbocycles. The first kappa shape index (κ1) is 18.4. The SMILES string of the molecule is C[C@H]1CC[C@@H](O[Si](C)(C)C(C)(C)C)[C@]23CC[C@H](O)[C@H](C(=O)O2)[C@]13C. The van der Waals surface area contributed by atoms with E-state index in [4.69, 9.17) is 9.16 Å². The molecule has 5 heteroatoms. The van der Waals surface area contributed by atoms with E-state index < -0.39 is 25.9 Å². The molecule has 4 nitrogen and oxygen atoms in total. The van der Waals surface area contributed by atoms with Gasteiger partial charge < -0.3 is 14.3 Å². The highest BCUT2D eigenvalue weighted by atomic mass is 28.4. The van der Waals surface area contributed by atoms with Gasteiger partial charge in [-0.3, -0.25) is 4.79 Å². The molecule has 0 radical (unpaired) electrons. The van der Waals surface area contributed by atoms with Crippen molar-refractivity contribution in [3.05, 3.63) is 0 Å². The van der Waals surface area contributed by atoms with Gasteiger partial charge in [-0.1, -0.05) is 34.6 Å². The molecule has 3 fully saturated rings. The molecule has 1 heterocycles. The Kier molecular flexibility index (Phi) is 4.07. The van der Waals surface area contributed by atoms with Crippen LogP contribution in [0.3, 0.4) is 0 Å². The minimum Gasteiger partial charge on any atom is -0.455 e. The van der Waals surface area contributed by atoms with E-state index in [1.54, 1.807) is 0 Å². The Labute approximate surface area is 147 Å². The van der Waals surface area contributed by atoms with E-state index >= 15 is 0 Å². The summed E-state index contributed by atoms with van der Waals surface area (Å²) < 4.78 is 12.9. The van der Waals surface area contributed by atoms with E-state index in [0.717, 1.165) is 19.3 Å². The van der Waals surface area contributed by atoms with E-state index in [-0.39, 0.29) is 22.5 Å². The molecule has 1 aliphatic heterocycles. The maximum absolute atomic E-state index is 12.7. The van der Waals surface area contributed by atoms with Crippen molar-refractivity contribution in [2.45, 2.75) is 96.2 Å². The summed E-state index contributed by atoms with van der Waals surface area (Å²) in [5, 5.41) is 10.6. The van der Waals surface area contributed by atoms with Crippen LogP contribution in [0.2, 0.25) is 18.1 Å². The zero-order valence-corrected chi connectivity index (χ0v) is 17.3. The molecule has 2 saturated carbocycles. The molecule has 0 aromatic heterocycles. The maximum Gasteiger partial charge on any atom is 0.312 e. The highest BCUT2D eigenvalue weighted by Gasteiger charge is 2.74. The van der Waals surface area contributed by atoms with Crippen LogP contribution in [-0.2, 0) is 14.0 Å². The molecular weight excluding hydrogens is 320 g/mol. The number of carbonyl (C=O) groups is 1. The molecule has 0 amide bonds. The monoisotopic (exact) mass is 354 g/mol. The molecule has 0 aromatic carbocycles. The number of aliphatic hydroxyl groups is 1. The third-order valence-electron chi connectivity index (χ3n) is 7.94. The Morgan fingerprint density at radius 3 is 2.46 bits per heavy atom. The fourth-order valence-electron chi connectivity index (χ4n) is 5.19. The lowest BCUT2D eigenvalue weighted by Gasteiger charge is -2.58. The molecule has 3 rings (SSSR count). The first-order valence-corrected chi connectivity index (χ1v) is 12.4. The quantitative estimate of drug-likeness (QED) is 0.604. The predicted octanol–water partition coefficient (Wildman–Crippen LogP) is 3.88. The number of carbonyl (C=O) groups excluding carboxylic acids is 1. The van der Waals surface area contributed by atoms with Crippen LogP contribution < -0.4 is 0 Å².